The van der Waals surface area contributed by atoms with Crippen LogP contribution in [0, 0.1) is 6.92 Å². The molecule has 3 rings (SSSR count). The molecule has 2 aromatic rings. The van der Waals surface area contributed by atoms with E-state index < -0.39 is 0 Å². The largest absolute Gasteiger partial charge is 0.302 e. The van der Waals surface area contributed by atoms with E-state index in [-0.39, 0.29) is 0 Å². The van der Waals surface area contributed by atoms with Gasteiger partial charge in [-0.25, -0.2) is 4.98 Å². The van der Waals surface area contributed by atoms with E-state index in [0.29, 0.717) is 5.92 Å². The summed E-state index contributed by atoms with van der Waals surface area (Å²) in [6.07, 6.45) is 6.11. The molecular formula is C12H13BrN2. The van der Waals surface area contributed by atoms with Gasteiger partial charge in [0.05, 0.1) is 5.52 Å². The van der Waals surface area contributed by atoms with Crippen LogP contribution in [0.1, 0.15) is 36.6 Å². The normalized spacial score (nSPS) is 16.9. The lowest BCUT2D eigenvalue weighted by Gasteiger charge is -2.23. The molecule has 3 heteroatoms. The number of pyridine rings is 1. The first kappa shape index (κ1) is 9.40. The predicted molar refractivity (Wildman–Crippen MR) is 64.2 cm³/mol. The number of hydrogen-bond donors (Lipinski definition) is 0. The quantitative estimate of drug-likeness (QED) is 0.769. The van der Waals surface area contributed by atoms with E-state index in [1.165, 1.54) is 36.2 Å². The van der Waals surface area contributed by atoms with Gasteiger partial charge in [-0.2, -0.15) is 0 Å². The summed E-state index contributed by atoms with van der Waals surface area (Å²) in [5.41, 5.74) is 2.47. The first-order valence-electron chi connectivity index (χ1n) is 5.40. The first-order valence-corrected chi connectivity index (χ1v) is 6.19. The molecule has 2 heterocycles. The Hall–Kier alpha value is -0.830. The van der Waals surface area contributed by atoms with Gasteiger partial charge in [0, 0.05) is 12.1 Å². The molecule has 15 heavy (non-hydrogen) atoms. The topological polar surface area (TPSA) is 17.3 Å². The maximum absolute atomic E-state index is 4.63. The van der Waals surface area contributed by atoms with Crippen molar-refractivity contribution in [3.63, 3.8) is 0 Å². The van der Waals surface area contributed by atoms with Crippen molar-refractivity contribution in [2.45, 2.75) is 32.1 Å². The molecule has 0 N–H and O–H groups in total. The van der Waals surface area contributed by atoms with Gasteiger partial charge in [-0.15, -0.1) is 0 Å². The Labute approximate surface area is 97.5 Å². The van der Waals surface area contributed by atoms with E-state index in [1.807, 2.05) is 0 Å². The maximum Gasteiger partial charge on any atom is 0.132 e. The molecule has 1 aliphatic carbocycles. The molecule has 1 saturated carbocycles. The van der Waals surface area contributed by atoms with Gasteiger partial charge >= 0.3 is 0 Å². The van der Waals surface area contributed by atoms with Crippen LogP contribution in [0.15, 0.2) is 22.9 Å². The van der Waals surface area contributed by atoms with Crippen molar-refractivity contribution < 1.29 is 0 Å². The summed E-state index contributed by atoms with van der Waals surface area (Å²) in [5, 5.41) is 0. The zero-order chi connectivity index (χ0) is 10.4. The second kappa shape index (κ2) is 3.34. The summed E-state index contributed by atoms with van der Waals surface area (Å²) in [4.78, 5) is 4.63. The highest BCUT2D eigenvalue weighted by molar-refractivity contribution is 9.10. The monoisotopic (exact) mass is 264 g/mol. The van der Waals surface area contributed by atoms with E-state index in [9.17, 15) is 0 Å². The van der Waals surface area contributed by atoms with E-state index in [1.54, 1.807) is 0 Å². The summed E-state index contributed by atoms with van der Waals surface area (Å²) in [6, 6.07) is 4.26. The Bertz CT molecular complexity index is 512. The number of rotatable bonds is 1. The Morgan fingerprint density at radius 1 is 1.40 bits per heavy atom. The summed E-state index contributed by atoms with van der Waals surface area (Å²) < 4.78 is 3.22. The lowest BCUT2D eigenvalue weighted by molar-refractivity contribution is 0.400. The number of aryl methyl sites for hydroxylation is 1. The van der Waals surface area contributed by atoms with Crippen molar-refractivity contribution in [2.75, 3.05) is 0 Å². The van der Waals surface area contributed by atoms with Crippen LogP contribution in [-0.2, 0) is 0 Å². The van der Waals surface area contributed by atoms with Crippen molar-refractivity contribution in [3.05, 3.63) is 34.3 Å². The van der Waals surface area contributed by atoms with Gasteiger partial charge in [0.2, 0.25) is 0 Å². The number of hydrogen-bond acceptors (Lipinski definition) is 1. The fraction of sp³-hybridized carbons (Fsp3) is 0.417. The minimum absolute atomic E-state index is 0.672. The predicted octanol–water partition coefficient (Wildman–Crippen LogP) is 3.67. The zero-order valence-electron chi connectivity index (χ0n) is 8.70. The van der Waals surface area contributed by atoms with E-state index >= 15 is 0 Å². The summed E-state index contributed by atoms with van der Waals surface area (Å²) in [5.74, 6) is 1.90. The molecule has 1 fully saturated rings. The summed E-state index contributed by atoms with van der Waals surface area (Å²) in [6.45, 7) is 2.12. The molecule has 0 aliphatic heterocycles. The highest BCUT2D eigenvalue weighted by atomic mass is 79.9. The highest BCUT2D eigenvalue weighted by Crippen LogP contribution is 2.37. The van der Waals surface area contributed by atoms with E-state index in [0.717, 1.165) is 4.60 Å². The minimum Gasteiger partial charge on any atom is -0.302 e. The van der Waals surface area contributed by atoms with Crippen molar-refractivity contribution in [2.24, 2.45) is 0 Å². The Balaban J connectivity index is 2.24. The second-order valence-corrected chi connectivity index (χ2v) is 5.10. The highest BCUT2D eigenvalue weighted by Gasteiger charge is 2.24. The molecular weight excluding hydrogens is 252 g/mol. The fourth-order valence-electron chi connectivity index (χ4n) is 2.13. The van der Waals surface area contributed by atoms with Gasteiger partial charge in [-0.1, -0.05) is 12.5 Å². The SMILES string of the molecule is Cc1ccc2c(Br)nc(C3CCC3)n2c1. The molecule has 0 spiro atoms. The molecule has 2 aromatic heterocycles. The molecule has 1 aliphatic rings. The molecule has 0 aromatic carbocycles. The van der Waals surface area contributed by atoms with Crippen molar-refractivity contribution >= 4 is 21.4 Å². The van der Waals surface area contributed by atoms with E-state index in [2.05, 4.69) is 50.6 Å². The average molecular weight is 265 g/mol. The van der Waals surface area contributed by atoms with E-state index in [4.69, 9.17) is 0 Å². The van der Waals surface area contributed by atoms with Gasteiger partial charge in [0.25, 0.3) is 0 Å². The number of halogens is 1. The van der Waals surface area contributed by atoms with Gasteiger partial charge in [0.15, 0.2) is 0 Å². The third kappa shape index (κ3) is 1.41. The number of fused-ring (bicyclic) bond motifs is 1. The number of nitrogens with zero attached hydrogens (tertiary/aromatic N) is 2. The van der Waals surface area contributed by atoms with Crippen molar-refractivity contribution in [1.29, 1.82) is 0 Å². The molecule has 0 unspecified atom stereocenters. The summed E-state index contributed by atoms with van der Waals surface area (Å²) in [7, 11) is 0. The summed E-state index contributed by atoms with van der Waals surface area (Å²) >= 11 is 3.53. The third-order valence-electron chi connectivity index (χ3n) is 3.24. The molecule has 78 valence electrons. The molecule has 0 radical (unpaired) electrons. The van der Waals surface area contributed by atoms with Gasteiger partial charge < -0.3 is 4.40 Å². The molecule has 0 atom stereocenters. The van der Waals surface area contributed by atoms with Crippen LogP contribution in [0.2, 0.25) is 0 Å². The molecule has 2 nitrogen and oxygen atoms in total. The van der Waals surface area contributed by atoms with Gasteiger partial charge in [0.1, 0.15) is 10.4 Å². The Morgan fingerprint density at radius 3 is 2.87 bits per heavy atom. The van der Waals surface area contributed by atoms with Gasteiger partial charge in [-0.05, 0) is 47.3 Å². The van der Waals surface area contributed by atoms with Crippen LogP contribution in [0.3, 0.4) is 0 Å². The van der Waals surface area contributed by atoms with Crippen LogP contribution in [0.4, 0.5) is 0 Å². The standard InChI is InChI=1S/C12H13BrN2/c1-8-5-6-10-11(13)14-12(15(10)7-8)9-3-2-4-9/h5-7,9H,2-4H2,1H3. The zero-order valence-corrected chi connectivity index (χ0v) is 10.3. The molecule has 0 saturated heterocycles. The van der Waals surface area contributed by atoms with Crippen LogP contribution >= 0.6 is 15.9 Å². The number of imidazole rings is 1. The fourth-order valence-corrected chi connectivity index (χ4v) is 2.64. The smallest absolute Gasteiger partial charge is 0.132 e. The van der Waals surface area contributed by atoms with Crippen LogP contribution in [0.5, 0.6) is 0 Å². The van der Waals surface area contributed by atoms with Crippen molar-refractivity contribution in [1.82, 2.24) is 9.38 Å². The van der Waals surface area contributed by atoms with Crippen LogP contribution in [0.25, 0.3) is 5.52 Å². The lowest BCUT2D eigenvalue weighted by atomic mass is 9.85. The molecule has 0 amide bonds. The Morgan fingerprint density at radius 2 is 2.20 bits per heavy atom. The van der Waals surface area contributed by atoms with Crippen molar-refractivity contribution in [3.8, 4) is 0 Å². The maximum atomic E-state index is 4.63. The van der Waals surface area contributed by atoms with Crippen LogP contribution in [-0.4, -0.2) is 9.38 Å². The van der Waals surface area contributed by atoms with Crippen LogP contribution < -0.4 is 0 Å². The third-order valence-corrected chi connectivity index (χ3v) is 3.82. The lowest BCUT2D eigenvalue weighted by Crippen LogP contribution is -2.12. The first-order chi connectivity index (χ1) is 7.25. The number of aromatic nitrogens is 2. The Kier molecular flexibility index (Phi) is 2.09. The second-order valence-electron chi connectivity index (χ2n) is 4.35. The molecule has 0 bridgehead atoms. The average Bonchev–Trinajstić information content (AvgIpc) is 2.41. The minimum atomic E-state index is 0.672. The van der Waals surface area contributed by atoms with Gasteiger partial charge in [-0.3, -0.25) is 0 Å².